The summed E-state index contributed by atoms with van der Waals surface area (Å²) < 4.78 is 5.55. The van der Waals surface area contributed by atoms with Crippen LogP contribution < -0.4 is 15.5 Å². The molecule has 1 aliphatic heterocycles. The first-order valence-corrected chi connectivity index (χ1v) is 8.56. The van der Waals surface area contributed by atoms with Crippen molar-refractivity contribution < 1.29 is 9.53 Å². The van der Waals surface area contributed by atoms with Crippen LogP contribution in [-0.2, 0) is 9.53 Å². The maximum absolute atomic E-state index is 12.5. The first-order chi connectivity index (χ1) is 11.2. The molecule has 0 spiro atoms. The second-order valence-electron chi connectivity index (χ2n) is 5.97. The molecule has 2 N–H and O–H groups in total. The van der Waals surface area contributed by atoms with Crippen LogP contribution >= 0.6 is 0 Å². The molecular weight excluding hydrogens is 290 g/mol. The molecule has 1 aromatic carbocycles. The lowest BCUT2D eigenvalue weighted by Crippen LogP contribution is -2.54. The Bertz CT molecular complexity index is 472. The minimum atomic E-state index is -0.644. The van der Waals surface area contributed by atoms with E-state index in [2.05, 4.69) is 46.7 Å². The number of anilines is 1. The van der Waals surface area contributed by atoms with Crippen molar-refractivity contribution in [2.45, 2.75) is 31.8 Å². The summed E-state index contributed by atoms with van der Waals surface area (Å²) in [6.45, 7) is 6.40. The molecule has 1 aliphatic rings. The fourth-order valence-electron chi connectivity index (χ4n) is 3.10. The second kappa shape index (κ2) is 8.89. The summed E-state index contributed by atoms with van der Waals surface area (Å²) in [4.78, 5) is 14.8. The molecular formula is C18H29N3O2. The molecule has 0 atom stereocenters. The van der Waals surface area contributed by atoms with E-state index in [0.717, 1.165) is 45.4 Å². The lowest BCUT2D eigenvalue weighted by Gasteiger charge is -2.34. The standard InChI is InChI=1S/C18H29N3O2/c1-3-21(16-8-5-4-6-9-16)15-7-12-20-17(22)18(23-2)10-13-19-14-11-18/h4-6,8-9,19H,3,7,10-15H2,1-2H3,(H,20,22). The Morgan fingerprint density at radius 1 is 1.30 bits per heavy atom. The molecule has 1 aromatic rings. The molecule has 0 aromatic heterocycles. The molecule has 128 valence electrons. The fourth-order valence-corrected chi connectivity index (χ4v) is 3.10. The molecule has 0 radical (unpaired) electrons. The van der Waals surface area contributed by atoms with Gasteiger partial charge in [0.2, 0.25) is 0 Å². The Kier molecular flexibility index (Phi) is 6.86. The van der Waals surface area contributed by atoms with E-state index < -0.39 is 5.60 Å². The minimum Gasteiger partial charge on any atom is -0.372 e. The number of amides is 1. The third kappa shape index (κ3) is 4.69. The Balaban J connectivity index is 1.76. The highest BCUT2D eigenvalue weighted by atomic mass is 16.5. The van der Waals surface area contributed by atoms with Crippen molar-refractivity contribution >= 4 is 11.6 Å². The molecule has 0 bridgehead atoms. The number of carbonyl (C=O) groups is 1. The molecule has 0 saturated carbocycles. The van der Waals surface area contributed by atoms with Gasteiger partial charge in [-0.25, -0.2) is 0 Å². The first kappa shape index (κ1) is 17.8. The van der Waals surface area contributed by atoms with Gasteiger partial charge in [-0.2, -0.15) is 0 Å². The van der Waals surface area contributed by atoms with Crippen LogP contribution in [0.25, 0.3) is 0 Å². The van der Waals surface area contributed by atoms with Gasteiger partial charge in [0.25, 0.3) is 5.91 Å². The number of rotatable bonds is 8. The number of ether oxygens (including phenoxy) is 1. The van der Waals surface area contributed by atoms with Gasteiger partial charge < -0.3 is 20.3 Å². The molecule has 0 unspecified atom stereocenters. The largest absolute Gasteiger partial charge is 0.372 e. The van der Waals surface area contributed by atoms with Crippen LogP contribution in [0.4, 0.5) is 5.69 Å². The van der Waals surface area contributed by atoms with Crippen molar-refractivity contribution in [2.24, 2.45) is 0 Å². The normalized spacial score (nSPS) is 16.8. The average molecular weight is 319 g/mol. The highest BCUT2D eigenvalue weighted by molar-refractivity contribution is 5.85. The summed E-state index contributed by atoms with van der Waals surface area (Å²) in [5.74, 6) is 0.0317. The summed E-state index contributed by atoms with van der Waals surface area (Å²) >= 11 is 0. The predicted octanol–water partition coefficient (Wildman–Crippen LogP) is 1.79. The fraction of sp³-hybridized carbons (Fsp3) is 0.611. The number of hydrogen-bond donors (Lipinski definition) is 2. The lowest BCUT2D eigenvalue weighted by atomic mass is 9.91. The van der Waals surface area contributed by atoms with E-state index in [1.54, 1.807) is 7.11 Å². The minimum absolute atomic E-state index is 0.0317. The van der Waals surface area contributed by atoms with Crippen molar-refractivity contribution in [1.29, 1.82) is 0 Å². The summed E-state index contributed by atoms with van der Waals surface area (Å²) in [6.07, 6.45) is 2.40. The maximum atomic E-state index is 12.5. The van der Waals surface area contributed by atoms with Crippen LogP contribution in [0.1, 0.15) is 26.2 Å². The van der Waals surface area contributed by atoms with Crippen LogP contribution in [0.15, 0.2) is 30.3 Å². The predicted molar refractivity (Wildman–Crippen MR) is 93.8 cm³/mol. The third-order valence-corrected chi connectivity index (χ3v) is 4.61. The summed E-state index contributed by atoms with van der Waals surface area (Å²) in [5.41, 5.74) is 0.586. The molecule has 1 amide bonds. The maximum Gasteiger partial charge on any atom is 0.252 e. The number of methoxy groups -OCH3 is 1. The monoisotopic (exact) mass is 319 g/mol. The van der Waals surface area contributed by atoms with E-state index in [-0.39, 0.29) is 5.91 Å². The van der Waals surface area contributed by atoms with Crippen LogP contribution in [-0.4, -0.2) is 51.3 Å². The quantitative estimate of drug-likeness (QED) is 0.717. The molecule has 5 heteroatoms. The number of piperidine rings is 1. The second-order valence-corrected chi connectivity index (χ2v) is 5.97. The zero-order valence-electron chi connectivity index (χ0n) is 14.3. The Morgan fingerprint density at radius 2 is 2.00 bits per heavy atom. The van der Waals surface area contributed by atoms with Crippen LogP contribution in [0.5, 0.6) is 0 Å². The van der Waals surface area contributed by atoms with E-state index in [1.807, 2.05) is 6.07 Å². The zero-order valence-corrected chi connectivity index (χ0v) is 14.3. The van der Waals surface area contributed by atoms with E-state index in [4.69, 9.17) is 4.74 Å². The first-order valence-electron chi connectivity index (χ1n) is 8.56. The van der Waals surface area contributed by atoms with Gasteiger partial charge in [0.05, 0.1) is 0 Å². The van der Waals surface area contributed by atoms with Crippen LogP contribution in [0.3, 0.4) is 0 Å². The summed E-state index contributed by atoms with van der Waals surface area (Å²) in [7, 11) is 1.64. The van der Waals surface area contributed by atoms with Gasteiger partial charge >= 0.3 is 0 Å². The van der Waals surface area contributed by atoms with Crippen molar-refractivity contribution in [1.82, 2.24) is 10.6 Å². The zero-order chi connectivity index (χ0) is 16.5. The molecule has 5 nitrogen and oxygen atoms in total. The number of nitrogens with one attached hydrogen (secondary N) is 2. The number of benzene rings is 1. The molecule has 1 heterocycles. The molecule has 0 aliphatic carbocycles. The highest BCUT2D eigenvalue weighted by Crippen LogP contribution is 2.22. The summed E-state index contributed by atoms with van der Waals surface area (Å²) in [6, 6.07) is 10.4. The average Bonchev–Trinajstić information content (AvgIpc) is 2.63. The van der Waals surface area contributed by atoms with Gasteiger partial charge in [0, 0.05) is 32.4 Å². The Hall–Kier alpha value is -1.59. The molecule has 23 heavy (non-hydrogen) atoms. The number of hydrogen-bond acceptors (Lipinski definition) is 4. The van der Waals surface area contributed by atoms with E-state index in [1.165, 1.54) is 5.69 Å². The topological polar surface area (TPSA) is 53.6 Å². The van der Waals surface area contributed by atoms with Crippen molar-refractivity contribution in [3.63, 3.8) is 0 Å². The van der Waals surface area contributed by atoms with Crippen molar-refractivity contribution in [3.8, 4) is 0 Å². The third-order valence-electron chi connectivity index (χ3n) is 4.61. The number of nitrogens with zero attached hydrogens (tertiary/aromatic N) is 1. The Morgan fingerprint density at radius 3 is 2.61 bits per heavy atom. The molecule has 2 rings (SSSR count). The van der Waals surface area contributed by atoms with E-state index in [0.29, 0.717) is 6.54 Å². The van der Waals surface area contributed by atoms with Crippen LogP contribution in [0.2, 0.25) is 0 Å². The van der Waals surface area contributed by atoms with Gasteiger partial charge in [0.1, 0.15) is 5.60 Å². The number of carbonyl (C=O) groups excluding carboxylic acids is 1. The summed E-state index contributed by atoms with van der Waals surface area (Å²) in [5, 5.41) is 6.33. The number of para-hydroxylation sites is 1. The van der Waals surface area contributed by atoms with Gasteiger partial charge in [0.15, 0.2) is 0 Å². The smallest absolute Gasteiger partial charge is 0.252 e. The van der Waals surface area contributed by atoms with E-state index >= 15 is 0 Å². The van der Waals surface area contributed by atoms with E-state index in [9.17, 15) is 4.79 Å². The van der Waals surface area contributed by atoms with Crippen molar-refractivity contribution in [2.75, 3.05) is 44.7 Å². The molecule has 1 saturated heterocycles. The van der Waals surface area contributed by atoms with Gasteiger partial charge in [-0.15, -0.1) is 0 Å². The highest BCUT2D eigenvalue weighted by Gasteiger charge is 2.39. The van der Waals surface area contributed by atoms with Crippen LogP contribution in [0, 0.1) is 0 Å². The van der Waals surface area contributed by atoms with Gasteiger partial charge in [-0.1, -0.05) is 18.2 Å². The van der Waals surface area contributed by atoms with Gasteiger partial charge in [-0.3, -0.25) is 4.79 Å². The molecule has 1 fully saturated rings. The lowest BCUT2D eigenvalue weighted by molar-refractivity contribution is -0.146. The Labute approximate surface area is 139 Å². The van der Waals surface area contributed by atoms with Gasteiger partial charge in [-0.05, 0) is 51.4 Å². The SMILES string of the molecule is CCN(CCCNC(=O)C1(OC)CCNCC1)c1ccccc1. The van der Waals surface area contributed by atoms with Crippen molar-refractivity contribution in [3.05, 3.63) is 30.3 Å².